The molecule has 2 N–H and O–H groups in total. The highest BCUT2D eigenvalue weighted by Crippen LogP contribution is 2.20. The van der Waals surface area contributed by atoms with Gasteiger partial charge in [0.2, 0.25) is 5.91 Å². The van der Waals surface area contributed by atoms with Crippen molar-refractivity contribution >= 4 is 11.9 Å². The lowest BCUT2D eigenvalue weighted by Gasteiger charge is -2.34. The van der Waals surface area contributed by atoms with Crippen LogP contribution in [-0.4, -0.2) is 50.5 Å². The van der Waals surface area contributed by atoms with Crippen molar-refractivity contribution in [2.45, 2.75) is 32.6 Å². The maximum atomic E-state index is 11.3. The quantitative estimate of drug-likeness (QED) is 0.577. The topological polar surface area (TPSA) is 56.7 Å². The van der Waals surface area contributed by atoms with E-state index in [1.165, 1.54) is 0 Å². The molecule has 5 nitrogen and oxygen atoms in total. The number of hydrogen-bond acceptors (Lipinski definition) is 2. The maximum Gasteiger partial charge on any atom is 0.220 e. The summed E-state index contributed by atoms with van der Waals surface area (Å²) in [7, 11) is 3.53. The van der Waals surface area contributed by atoms with Crippen LogP contribution in [0.25, 0.3) is 0 Å². The second-order valence-corrected chi connectivity index (χ2v) is 4.78. The Morgan fingerprint density at radius 3 is 2.56 bits per heavy atom. The van der Waals surface area contributed by atoms with Gasteiger partial charge in [0.25, 0.3) is 0 Å². The highest BCUT2D eigenvalue weighted by molar-refractivity contribution is 5.80. The first-order valence-electron chi connectivity index (χ1n) is 6.87. The number of nitrogens with one attached hydrogen (secondary N) is 2. The number of aliphatic imine (C=N–C) groups is 1. The molecule has 0 aliphatic carbocycles. The van der Waals surface area contributed by atoms with Gasteiger partial charge >= 0.3 is 0 Å². The minimum Gasteiger partial charge on any atom is -0.359 e. The standard InChI is InChI=1S/C13H26N4O/c1-4-7-16-13(15-3)17-8-5-11(6-9-17)10-12(18)14-2/h11H,4-10H2,1-3H3,(H,14,18)(H,15,16). The summed E-state index contributed by atoms with van der Waals surface area (Å²) in [5, 5.41) is 6.05. The molecule has 1 aliphatic heterocycles. The summed E-state index contributed by atoms with van der Waals surface area (Å²) in [6, 6.07) is 0. The van der Waals surface area contributed by atoms with E-state index >= 15 is 0 Å². The van der Waals surface area contributed by atoms with Crippen molar-refractivity contribution in [2.75, 3.05) is 33.7 Å². The summed E-state index contributed by atoms with van der Waals surface area (Å²) >= 11 is 0. The first-order chi connectivity index (χ1) is 8.71. The lowest BCUT2D eigenvalue weighted by molar-refractivity contribution is -0.121. The summed E-state index contributed by atoms with van der Waals surface area (Å²) in [5.74, 6) is 1.67. The number of piperidine rings is 1. The number of nitrogens with zero attached hydrogens (tertiary/aromatic N) is 2. The van der Waals surface area contributed by atoms with E-state index in [1.807, 2.05) is 7.05 Å². The zero-order valence-corrected chi connectivity index (χ0v) is 11.8. The number of carbonyl (C=O) groups excluding carboxylic acids is 1. The molecule has 0 spiro atoms. The van der Waals surface area contributed by atoms with Gasteiger partial charge in [0, 0.05) is 40.2 Å². The Morgan fingerprint density at radius 2 is 2.06 bits per heavy atom. The van der Waals surface area contributed by atoms with Crippen LogP contribution in [0.1, 0.15) is 32.6 Å². The number of rotatable bonds is 4. The third kappa shape index (κ3) is 4.55. The molecule has 0 atom stereocenters. The molecule has 1 fully saturated rings. The molecule has 5 heteroatoms. The molecule has 0 saturated carbocycles. The molecular weight excluding hydrogens is 228 g/mol. The van der Waals surface area contributed by atoms with Crippen LogP contribution >= 0.6 is 0 Å². The van der Waals surface area contributed by atoms with Crippen LogP contribution in [0.2, 0.25) is 0 Å². The van der Waals surface area contributed by atoms with Crippen molar-refractivity contribution in [3.05, 3.63) is 0 Å². The van der Waals surface area contributed by atoms with Gasteiger partial charge in [-0.2, -0.15) is 0 Å². The van der Waals surface area contributed by atoms with Gasteiger partial charge in [0.1, 0.15) is 0 Å². The zero-order chi connectivity index (χ0) is 13.4. The Balaban J connectivity index is 2.35. The molecule has 1 aliphatic rings. The third-order valence-corrected chi connectivity index (χ3v) is 3.41. The van der Waals surface area contributed by atoms with Crippen LogP contribution in [0, 0.1) is 5.92 Å². The Labute approximate surface area is 110 Å². The predicted molar refractivity (Wildman–Crippen MR) is 74.6 cm³/mol. The molecule has 0 radical (unpaired) electrons. The summed E-state index contributed by atoms with van der Waals surface area (Å²) in [6.07, 6.45) is 3.90. The number of guanidine groups is 1. The van der Waals surface area contributed by atoms with Gasteiger partial charge in [0.05, 0.1) is 0 Å². The van der Waals surface area contributed by atoms with E-state index in [0.717, 1.165) is 44.9 Å². The van der Waals surface area contributed by atoms with Gasteiger partial charge in [-0.25, -0.2) is 0 Å². The summed E-state index contributed by atoms with van der Waals surface area (Å²) in [6.45, 7) is 5.09. The van der Waals surface area contributed by atoms with Gasteiger partial charge < -0.3 is 15.5 Å². The highest BCUT2D eigenvalue weighted by atomic mass is 16.1. The first-order valence-corrected chi connectivity index (χ1v) is 6.87. The fourth-order valence-corrected chi connectivity index (χ4v) is 2.28. The van der Waals surface area contributed by atoms with Crippen molar-refractivity contribution < 1.29 is 4.79 Å². The van der Waals surface area contributed by atoms with Crippen LogP contribution in [-0.2, 0) is 4.79 Å². The molecule has 1 amide bonds. The highest BCUT2D eigenvalue weighted by Gasteiger charge is 2.22. The van der Waals surface area contributed by atoms with E-state index in [0.29, 0.717) is 12.3 Å². The molecule has 0 bridgehead atoms. The summed E-state index contributed by atoms with van der Waals surface area (Å²) < 4.78 is 0. The fraction of sp³-hybridized carbons (Fsp3) is 0.846. The van der Waals surface area contributed by atoms with Gasteiger partial charge in [-0.15, -0.1) is 0 Å². The molecule has 0 aromatic rings. The smallest absolute Gasteiger partial charge is 0.220 e. The monoisotopic (exact) mass is 254 g/mol. The van der Waals surface area contributed by atoms with Crippen LogP contribution in [0.4, 0.5) is 0 Å². The van der Waals surface area contributed by atoms with E-state index in [9.17, 15) is 4.79 Å². The number of amides is 1. The summed E-state index contributed by atoms with van der Waals surface area (Å²) in [4.78, 5) is 17.9. The van der Waals surface area contributed by atoms with Crippen LogP contribution in [0.15, 0.2) is 4.99 Å². The third-order valence-electron chi connectivity index (χ3n) is 3.41. The molecule has 1 heterocycles. The van der Waals surface area contributed by atoms with Gasteiger partial charge in [-0.05, 0) is 25.2 Å². The van der Waals surface area contributed by atoms with Gasteiger partial charge in [-0.1, -0.05) is 6.92 Å². The SMILES string of the molecule is CCCNC(=NC)N1CCC(CC(=O)NC)CC1. The molecular formula is C13H26N4O. The van der Waals surface area contributed by atoms with Crippen LogP contribution < -0.4 is 10.6 Å². The Kier molecular flexibility index (Phi) is 6.54. The van der Waals surface area contributed by atoms with Gasteiger partial charge in [-0.3, -0.25) is 9.79 Å². The Bertz CT molecular complexity index is 283. The molecule has 18 heavy (non-hydrogen) atoms. The molecule has 0 aromatic heterocycles. The van der Waals surface area contributed by atoms with E-state index < -0.39 is 0 Å². The van der Waals surface area contributed by atoms with Crippen molar-refractivity contribution in [1.82, 2.24) is 15.5 Å². The largest absolute Gasteiger partial charge is 0.359 e. The van der Waals surface area contributed by atoms with Gasteiger partial charge in [0.15, 0.2) is 5.96 Å². The van der Waals surface area contributed by atoms with E-state index in [2.05, 4.69) is 27.4 Å². The van der Waals surface area contributed by atoms with E-state index in [-0.39, 0.29) is 5.91 Å². The average Bonchev–Trinajstić information content (AvgIpc) is 2.41. The van der Waals surface area contributed by atoms with Crippen molar-refractivity contribution in [3.8, 4) is 0 Å². The molecule has 0 unspecified atom stereocenters. The van der Waals surface area contributed by atoms with Crippen LogP contribution in [0.3, 0.4) is 0 Å². The second kappa shape index (κ2) is 7.95. The molecule has 0 aromatic carbocycles. The van der Waals surface area contributed by atoms with Crippen molar-refractivity contribution in [2.24, 2.45) is 10.9 Å². The maximum absolute atomic E-state index is 11.3. The minimum atomic E-state index is 0.155. The molecule has 1 rings (SSSR count). The normalized spacial score (nSPS) is 17.7. The first kappa shape index (κ1) is 14.8. The minimum absolute atomic E-state index is 0.155. The fourth-order valence-electron chi connectivity index (χ4n) is 2.28. The van der Waals surface area contributed by atoms with Crippen molar-refractivity contribution in [1.29, 1.82) is 0 Å². The second-order valence-electron chi connectivity index (χ2n) is 4.78. The zero-order valence-electron chi connectivity index (χ0n) is 11.8. The molecule has 1 saturated heterocycles. The summed E-state index contributed by atoms with van der Waals surface area (Å²) in [5.41, 5.74) is 0. The Morgan fingerprint density at radius 1 is 1.39 bits per heavy atom. The number of likely N-dealkylation sites (tertiary alicyclic amines) is 1. The van der Waals surface area contributed by atoms with E-state index in [1.54, 1.807) is 7.05 Å². The van der Waals surface area contributed by atoms with E-state index in [4.69, 9.17) is 0 Å². The average molecular weight is 254 g/mol. The Hall–Kier alpha value is -1.26. The van der Waals surface area contributed by atoms with Crippen LogP contribution in [0.5, 0.6) is 0 Å². The number of carbonyl (C=O) groups is 1. The molecule has 104 valence electrons. The lowest BCUT2D eigenvalue weighted by Crippen LogP contribution is -2.46. The number of hydrogen-bond donors (Lipinski definition) is 2. The lowest BCUT2D eigenvalue weighted by atomic mass is 9.93. The van der Waals surface area contributed by atoms with Crippen molar-refractivity contribution in [3.63, 3.8) is 0 Å². The predicted octanol–water partition coefficient (Wildman–Crippen LogP) is 0.820.